The fraction of sp³-hybridized carbons (Fsp3) is 0.464. The highest BCUT2D eigenvalue weighted by molar-refractivity contribution is 5.98. The van der Waals surface area contributed by atoms with Crippen LogP contribution in [0.1, 0.15) is 12.0 Å². The topological polar surface area (TPSA) is 283 Å². The summed E-state index contributed by atoms with van der Waals surface area (Å²) in [5.74, 6) is -7.98. The summed E-state index contributed by atoms with van der Waals surface area (Å²) in [6.07, 6.45) is -5.86. The monoisotopic (exact) mass is 650 g/mol. The number of carbonyl (C=O) groups is 5. The molecule has 1 aromatic rings. The molecule has 2 fully saturated rings. The fourth-order valence-corrected chi connectivity index (χ4v) is 5.63. The van der Waals surface area contributed by atoms with Crippen molar-refractivity contribution in [1.82, 2.24) is 5.32 Å². The molecule has 9 atom stereocenters. The lowest BCUT2D eigenvalue weighted by Gasteiger charge is -2.41. The molecule has 8 N–H and O–H groups in total. The van der Waals surface area contributed by atoms with Crippen LogP contribution in [0.5, 0.6) is 11.5 Å². The van der Waals surface area contributed by atoms with E-state index in [1.807, 2.05) is 0 Å². The van der Waals surface area contributed by atoms with Crippen LogP contribution in [0.15, 0.2) is 35.6 Å². The number of carboxylic acid groups (broad SMARTS) is 3. The van der Waals surface area contributed by atoms with Gasteiger partial charge in [-0.2, -0.15) is 0 Å². The third-order valence-electron chi connectivity index (χ3n) is 8.15. The Morgan fingerprint density at radius 1 is 1.13 bits per heavy atom. The van der Waals surface area contributed by atoms with Crippen LogP contribution < -0.4 is 20.1 Å². The van der Waals surface area contributed by atoms with Crippen molar-refractivity contribution in [1.29, 1.82) is 0 Å². The molecular formula is C28H30N2O16. The van der Waals surface area contributed by atoms with Crippen LogP contribution in [0.2, 0.25) is 0 Å². The lowest BCUT2D eigenvalue weighted by molar-refractivity contribution is -0.840. The number of hydrogen-bond donors (Lipinski definition) is 8. The van der Waals surface area contributed by atoms with Gasteiger partial charge in [0.25, 0.3) is 0 Å². The van der Waals surface area contributed by atoms with E-state index >= 15 is 0 Å². The lowest BCUT2D eigenvalue weighted by Crippen LogP contribution is -3.11. The smallest absolute Gasteiger partial charge is 0.351 e. The zero-order valence-corrected chi connectivity index (χ0v) is 23.7. The summed E-state index contributed by atoms with van der Waals surface area (Å²) in [6.45, 7) is -1.08. The van der Waals surface area contributed by atoms with Gasteiger partial charge in [0, 0.05) is 24.5 Å². The van der Waals surface area contributed by atoms with Gasteiger partial charge in [-0.15, -0.1) is 0 Å². The van der Waals surface area contributed by atoms with Gasteiger partial charge in [0.05, 0.1) is 6.61 Å². The van der Waals surface area contributed by atoms with E-state index in [9.17, 15) is 59.7 Å². The molecule has 4 aliphatic rings. The van der Waals surface area contributed by atoms with E-state index in [2.05, 4.69) is 10.1 Å². The number of cyclic esters (lactones) is 1. The highest BCUT2D eigenvalue weighted by Crippen LogP contribution is 2.36. The number of esters is 2. The predicted octanol–water partition coefficient (Wildman–Crippen LogP) is -5.17. The maximum atomic E-state index is 12.2. The molecule has 0 bridgehead atoms. The molecule has 5 rings (SSSR count). The van der Waals surface area contributed by atoms with Crippen LogP contribution in [0.3, 0.4) is 0 Å². The van der Waals surface area contributed by atoms with Crippen molar-refractivity contribution in [3.05, 3.63) is 41.1 Å². The summed E-state index contributed by atoms with van der Waals surface area (Å²) in [5, 5.41) is 75.1. The number of quaternary nitrogens is 1. The number of aliphatic hydroxyl groups excluding tert-OH is 3. The minimum atomic E-state index is -1.88. The zero-order chi connectivity index (χ0) is 33.4. The number of ether oxygens (including phenoxy) is 4. The van der Waals surface area contributed by atoms with Gasteiger partial charge in [0.1, 0.15) is 60.9 Å². The molecule has 0 aromatic heterocycles. The minimum Gasteiger partial charge on any atom is -0.544 e. The van der Waals surface area contributed by atoms with Crippen LogP contribution in [-0.4, -0.2) is 123 Å². The molecule has 0 amide bonds. The SMILES string of the molecule is O=C(O)C1=CC(=CC[NH+]2c3cc(O)c(O[C@@H]4O[C@H](CO)[C@@H](OC(=O)[C@@H]5COC5=O)[C@H](O)[C@H]4O)cc3C[C@H]2C(=O)[O-])C[C@@H](C(=O)O)N1. The van der Waals surface area contributed by atoms with Crippen LogP contribution in [0, 0.1) is 5.92 Å². The van der Waals surface area contributed by atoms with Crippen molar-refractivity contribution in [2.75, 3.05) is 19.8 Å². The van der Waals surface area contributed by atoms with E-state index in [0.29, 0.717) is 21.7 Å². The van der Waals surface area contributed by atoms with E-state index in [4.69, 9.17) is 14.2 Å². The van der Waals surface area contributed by atoms with Crippen LogP contribution in [-0.2, 0) is 44.6 Å². The average Bonchev–Trinajstić information content (AvgIpc) is 3.36. The normalized spacial score (nSPS) is 32.7. The van der Waals surface area contributed by atoms with Gasteiger partial charge in [-0.05, 0) is 23.8 Å². The predicted molar refractivity (Wildman–Crippen MR) is 142 cm³/mol. The maximum absolute atomic E-state index is 12.2. The lowest BCUT2D eigenvalue weighted by atomic mass is 9.98. The first-order valence-electron chi connectivity index (χ1n) is 14.0. The van der Waals surface area contributed by atoms with Crippen molar-refractivity contribution in [2.24, 2.45) is 5.92 Å². The molecule has 0 radical (unpaired) electrons. The fourth-order valence-electron chi connectivity index (χ4n) is 5.63. The number of aliphatic hydroxyl groups is 3. The second-order valence-corrected chi connectivity index (χ2v) is 11.1. The summed E-state index contributed by atoms with van der Waals surface area (Å²) < 4.78 is 20.7. The molecule has 1 unspecified atom stereocenters. The van der Waals surface area contributed by atoms with Gasteiger partial charge in [0.15, 0.2) is 23.5 Å². The molecule has 4 aliphatic heterocycles. The Balaban J connectivity index is 1.33. The van der Waals surface area contributed by atoms with Crippen LogP contribution in [0.4, 0.5) is 5.69 Å². The van der Waals surface area contributed by atoms with Gasteiger partial charge in [-0.25, -0.2) is 9.59 Å². The van der Waals surface area contributed by atoms with Gasteiger partial charge in [-0.3, -0.25) is 14.5 Å². The number of carboxylic acids is 3. The van der Waals surface area contributed by atoms with Gasteiger partial charge >= 0.3 is 23.9 Å². The highest BCUT2D eigenvalue weighted by Gasteiger charge is 2.50. The molecule has 0 saturated carbocycles. The van der Waals surface area contributed by atoms with E-state index in [1.54, 1.807) is 0 Å². The molecule has 0 spiro atoms. The van der Waals surface area contributed by atoms with Gasteiger partial charge in [-0.1, -0.05) is 0 Å². The Bertz CT molecular complexity index is 1500. The number of nitrogens with one attached hydrogen (secondary N) is 2. The molecular weight excluding hydrogens is 620 g/mol. The second kappa shape index (κ2) is 12.9. The largest absolute Gasteiger partial charge is 0.544 e. The van der Waals surface area contributed by atoms with Crippen molar-refractivity contribution < 1.29 is 83.6 Å². The first-order valence-corrected chi connectivity index (χ1v) is 14.0. The van der Waals surface area contributed by atoms with E-state index in [0.717, 1.165) is 0 Å². The molecule has 1 aromatic carbocycles. The number of aliphatic carboxylic acids is 3. The van der Waals surface area contributed by atoms with E-state index in [1.165, 1.54) is 24.3 Å². The molecule has 0 aliphatic carbocycles. The first kappa shape index (κ1) is 32.6. The first-order chi connectivity index (χ1) is 21.8. The van der Waals surface area contributed by atoms with Crippen molar-refractivity contribution in [3.63, 3.8) is 0 Å². The number of phenolic OH excluding ortho intramolecular Hbond substituents is 1. The minimum absolute atomic E-state index is 0.0517. The Morgan fingerprint density at radius 2 is 1.87 bits per heavy atom. The Labute approximate surface area is 258 Å². The second-order valence-electron chi connectivity index (χ2n) is 11.1. The Hall–Kier alpha value is -4.75. The number of allylic oxidation sites excluding steroid dienone is 1. The van der Waals surface area contributed by atoms with E-state index < -0.39 is 90.9 Å². The zero-order valence-electron chi connectivity index (χ0n) is 23.7. The number of phenols is 1. The van der Waals surface area contributed by atoms with Crippen molar-refractivity contribution in [2.45, 2.75) is 55.6 Å². The quantitative estimate of drug-likeness (QED) is 0.0867. The number of hydrogen-bond acceptors (Lipinski definition) is 15. The third-order valence-corrected chi connectivity index (χ3v) is 8.15. The number of aromatic hydroxyl groups is 1. The summed E-state index contributed by atoms with van der Waals surface area (Å²) in [7, 11) is 0. The summed E-state index contributed by atoms with van der Waals surface area (Å²) >= 11 is 0. The van der Waals surface area contributed by atoms with Crippen molar-refractivity contribution >= 4 is 35.5 Å². The molecule has 2 saturated heterocycles. The molecule has 4 heterocycles. The summed E-state index contributed by atoms with van der Waals surface area (Å²) in [5.41, 5.74) is 0.699. The van der Waals surface area contributed by atoms with Gasteiger partial charge < -0.3 is 64.8 Å². The average molecular weight is 651 g/mol. The Morgan fingerprint density at radius 3 is 2.46 bits per heavy atom. The third kappa shape index (κ3) is 6.33. The van der Waals surface area contributed by atoms with E-state index in [-0.39, 0.29) is 37.4 Å². The van der Waals surface area contributed by atoms with Gasteiger partial charge in [0.2, 0.25) is 6.29 Å². The van der Waals surface area contributed by atoms with Crippen molar-refractivity contribution in [3.8, 4) is 11.5 Å². The number of fused-ring (bicyclic) bond motifs is 1. The van der Waals surface area contributed by atoms with Crippen LogP contribution >= 0.6 is 0 Å². The maximum Gasteiger partial charge on any atom is 0.351 e. The summed E-state index contributed by atoms with van der Waals surface area (Å²) in [6, 6.07) is 0.120. The molecule has 18 nitrogen and oxygen atoms in total. The standard InChI is InChI=1S/C28H30N2O16/c31-8-19-22(46-27(42)12-9-43-26(12)41)20(33)21(34)28(45-19)44-18-6-11-5-16(25(39)40)30(15(11)7-17(18)32)2-1-10-3-13(23(35)36)29-14(4-10)24(37)38/h1,3,6-7,12,14,16,19-22,28-29,31-34H,2,4-5,8-9H2,(H,35,36)(H,37,38)(H,39,40)/t12-,14+,16+,19-,20-,21-,22-,28-/m1/s1. The highest BCUT2D eigenvalue weighted by atomic mass is 16.7. The molecule has 46 heavy (non-hydrogen) atoms. The summed E-state index contributed by atoms with van der Waals surface area (Å²) in [4.78, 5) is 58.9. The molecule has 18 heteroatoms. The number of carbonyl (C=O) groups excluding carboxylic acids is 3. The Kier molecular flexibility index (Phi) is 9.17. The van der Waals surface area contributed by atoms with Crippen LogP contribution in [0.25, 0.3) is 0 Å². The number of rotatable bonds is 10. The number of benzene rings is 1. The molecule has 248 valence electrons.